The molecule has 3 aromatic rings. The Hall–Kier alpha value is -3.00. The van der Waals surface area contributed by atoms with Gasteiger partial charge in [-0.05, 0) is 30.3 Å². The molecule has 0 spiro atoms. The summed E-state index contributed by atoms with van der Waals surface area (Å²) in [7, 11) is 1.58. The van der Waals surface area contributed by atoms with Crippen LogP contribution < -0.4 is 10.5 Å². The molecule has 5 heteroatoms. The van der Waals surface area contributed by atoms with Gasteiger partial charge in [0.2, 0.25) is 0 Å². The SMILES string of the molecule is COc1ccc(-c2nc3ccccc3n2CC#N)cc1N. The number of nitrogens with two attached hydrogens (primary N) is 1. The summed E-state index contributed by atoms with van der Waals surface area (Å²) in [6.45, 7) is 0.238. The molecule has 5 nitrogen and oxygen atoms in total. The average molecular weight is 278 g/mol. The summed E-state index contributed by atoms with van der Waals surface area (Å²) < 4.78 is 7.05. The minimum absolute atomic E-state index is 0.238. The predicted octanol–water partition coefficient (Wildman–Crippen LogP) is 2.82. The van der Waals surface area contributed by atoms with Crippen molar-refractivity contribution >= 4 is 16.7 Å². The van der Waals surface area contributed by atoms with Crippen molar-refractivity contribution < 1.29 is 4.74 Å². The van der Waals surface area contributed by atoms with Gasteiger partial charge in [-0.1, -0.05) is 12.1 Å². The molecule has 3 rings (SSSR count). The molecule has 0 amide bonds. The quantitative estimate of drug-likeness (QED) is 0.747. The van der Waals surface area contributed by atoms with Crippen LogP contribution in [0.1, 0.15) is 0 Å². The first-order valence-corrected chi connectivity index (χ1v) is 6.50. The number of anilines is 1. The fourth-order valence-electron chi connectivity index (χ4n) is 2.40. The predicted molar refractivity (Wildman–Crippen MR) is 81.7 cm³/mol. The maximum Gasteiger partial charge on any atom is 0.142 e. The maximum atomic E-state index is 9.06. The van der Waals surface area contributed by atoms with E-state index in [-0.39, 0.29) is 6.54 Å². The van der Waals surface area contributed by atoms with Crippen LogP contribution in [-0.4, -0.2) is 16.7 Å². The van der Waals surface area contributed by atoms with E-state index in [0.29, 0.717) is 11.4 Å². The lowest BCUT2D eigenvalue weighted by Gasteiger charge is -2.08. The van der Waals surface area contributed by atoms with E-state index in [9.17, 15) is 0 Å². The van der Waals surface area contributed by atoms with E-state index >= 15 is 0 Å². The number of imidazole rings is 1. The normalized spacial score (nSPS) is 10.5. The van der Waals surface area contributed by atoms with Gasteiger partial charge in [-0.15, -0.1) is 0 Å². The lowest BCUT2D eigenvalue weighted by molar-refractivity contribution is 0.417. The largest absolute Gasteiger partial charge is 0.495 e. The summed E-state index contributed by atoms with van der Waals surface area (Å²) in [4.78, 5) is 4.61. The second kappa shape index (κ2) is 5.17. The van der Waals surface area contributed by atoms with Gasteiger partial charge in [0.1, 0.15) is 18.1 Å². The molecule has 0 fully saturated rings. The first-order chi connectivity index (χ1) is 10.2. The molecule has 0 aliphatic rings. The van der Waals surface area contributed by atoms with E-state index in [1.807, 2.05) is 41.0 Å². The molecule has 0 aliphatic carbocycles. The van der Waals surface area contributed by atoms with E-state index in [0.717, 1.165) is 22.4 Å². The number of aromatic nitrogens is 2. The number of nitriles is 1. The summed E-state index contributed by atoms with van der Waals surface area (Å²) in [6.07, 6.45) is 0. The number of rotatable bonds is 3. The van der Waals surface area contributed by atoms with Crippen LogP contribution in [0.3, 0.4) is 0 Å². The van der Waals surface area contributed by atoms with E-state index < -0.39 is 0 Å². The lowest BCUT2D eigenvalue weighted by Crippen LogP contribution is -2.00. The van der Waals surface area contributed by atoms with Crippen molar-refractivity contribution in [1.82, 2.24) is 9.55 Å². The van der Waals surface area contributed by atoms with E-state index in [1.165, 1.54) is 0 Å². The summed E-state index contributed by atoms with van der Waals surface area (Å²) in [5, 5.41) is 9.06. The van der Waals surface area contributed by atoms with Crippen molar-refractivity contribution in [2.24, 2.45) is 0 Å². The Bertz CT molecular complexity index is 845. The Balaban J connectivity index is 2.22. The number of para-hydroxylation sites is 2. The first kappa shape index (κ1) is 13.0. The third-order valence-electron chi connectivity index (χ3n) is 3.37. The Morgan fingerprint density at radius 2 is 2.10 bits per heavy atom. The summed E-state index contributed by atoms with van der Waals surface area (Å²) in [5.74, 6) is 1.36. The molecule has 0 unspecified atom stereocenters. The molecule has 0 saturated carbocycles. The van der Waals surface area contributed by atoms with Gasteiger partial charge in [0.15, 0.2) is 0 Å². The number of hydrogen-bond acceptors (Lipinski definition) is 4. The molecule has 0 radical (unpaired) electrons. The topological polar surface area (TPSA) is 76.9 Å². The van der Waals surface area contributed by atoms with Crippen molar-refractivity contribution in [1.29, 1.82) is 5.26 Å². The second-order valence-electron chi connectivity index (χ2n) is 4.63. The molecule has 0 atom stereocenters. The van der Waals surface area contributed by atoms with Gasteiger partial charge < -0.3 is 15.0 Å². The van der Waals surface area contributed by atoms with Crippen molar-refractivity contribution in [3.63, 3.8) is 0 Å². The molecule has 1 heterocycles. The summed E-state index contributed by atoms with van der Waals surface area (Å²) in [6, 6.07) is 15.4. The van der Waals surface area contributed by atoms with Crippen LogP contribution in [0.25, 0.3) is 22.4 Å². The standard InChI is InChI=1S/C16H14N4O/c1-21-15-7-6-11(10-12(15)18)16-19-13-4-2-3-5-14(13)20(16)9-8-17/h2-7,10H,9,18H2,1H3. The van der Waals surface area contributed by atoms with Crippen molar-refractivity contribution in [3.8, 4) is 23.2 Å². The van der Waals surface area contributed by atoms with Gasteiger partial charge >= 0.3 is 0 Å². The molecule has 104 valence electrons. The van der Waals surface area contributed by atoms with Gasteiger partial charge in [0, 0.05) is 5.56 Å². The molecule has 0 saturated heterocycles. The van der Waals surface area contributed by atoms with E-state index in [2.05, 4.69) is 11.1 Å². The van der Waals surface area contributed by atoms with Crippen LogP contribution in [0, 0.1) is 11.3 Å². The van der Waals surface area contributed by atoms with Gasteiger partial charge in [-0.25, -0.2) is 4.98 Å². The molecule has 0 bridgehead atoms. The fourth-order valence-corrected chi connectivity index (χ4v) is 2.40. The van der Waals surface area contributed by atoms with Gasteiger partial charge in [-0.3, -0.25) is 0 Å². The lowest BCUT2D eigenvalue weighted by atomic mass is 10.1. The van der Waals surface area contributed by atoms with Crippen molar-refractivity contribution in [2.45, 2.75) is 6.54 Å². The first-order valence-electron chi connectivity index (χ1n) is 6.50. The Labute approximate surface area is 122 Å². The van der Waals surface area contributed by atoms with Crippen LogP contribution in [0.4, 0.5) is 5.69 Å². The zero-order valence-corrected chi connectivity index (χ0v) is 11.6. The average Bonchev–Trinajstić information content (AvgIpc) is 2.87. The van der Waals surface area contributed by atoms with Crippen LogP contribution in [-0.2, 0) is 6.54 Å². The number of ether oxygens (including phenoxy) is 1. The second-order valence-corrected chi connectivity index (χ2v) is 4.63. The van der Waals surface area contributed by atoms with E-state index in [4.69, 9.17) is 15.7 Å². The zero-order chi connectivity index (χ0) is 14.8. The van der Waals surface area contributed by atoms with Crippen molar-refractivity contribution in [2.75, 3.05) is 12.8 Å². The number of hydrogen-bond donors (Lipinski definition) is 1. The molecular formula is C16H14N4O. The number of nitrogens with zero attached hydrogens (tertiary/aromatic N) is 3. The highest BCUT2D eigenvalue weighted by Crippen LogP contribution is 2.30. The number of nitrogen functional groups attached to an aromatic ring is 1. The zero-order valence-electron chi connectivity index (χ0n) is 11.6. The highest BCUT2D eigenvalue weighted by molar-refractivity contribution is 5.81. The third-order valence-corrected chi connectivity index (χ3v) is 3.37. The van der Waals surface area contributed by atoms with Crippen LogP contribution in [0.5, 0.6) is 5.75 Å². The number of fused-ring (bicyclic) bond motifs is 1. The number of benzene rings is 2. The van der Waals surface area contributed by atoms with Gasteiger partial charge in [0.25, 0.3) is 0 Å². The van der Waals surface area contributed by atoms with Crippen molar-refractivity contribution in [3.05, 3.63) is 42.5 Å². The highest BCUT2D eigenvalue weighted by Gasteiger charge is 2.13. The molecular weight excluding hydrogens is 264 g/mol. The minimum atomic E-state index is 0.238. The molecule has 2 aromatic carbocycles. The number of methoxy groups -OCH3 is 1. The smallest absolute Gasteiger partial charge is 0.142 e. The van der Waals surface area contributed by atoms with E-state index in [1.54, 1.807) is 13.2 Å². The van der Waals surface area contributed by atoms with Crippen LogP contribution in [0.15, 0.2) is 42.5 Å². The van der Waals surface area contributed by atoms with Crippen LogP contribution >= 0.6 is 0 Å². The van der Waals surface area contributed by atoms with Gasteiger partial charge in [-0.2, -0.15) is 5.26 Å². The fraction of sp³-hybridized carbons (Fsp3) is 0.125. The monoisotopic (exact) mass is 278 g/mol. The maximum absolute atomic E-state index is 9.06. The third kappa shape index (κ3) is 2.17. The Morgan fingerprint density at radius 1 is 1.29 bits per heavy atom. The summed E-state index contributed by atoms with van der Waals surface area (Å²) in [5.41, 5.74) is 9.16. The molecule has 1 aromatic heterocycles. The minimum Gasteiger partial charge on any atom is -0.495 e. The molecule has 21 heavy (non-hydrogen) atoms. The summed E-state index contributed by atoms with van der Waals surface area (Å²) >= 11 is 0. The Kier molecular flexibility index (Phi) is 3.20. The Morgan fingerprint density at radius 3 is 2.81 bits per heavy atom. The van der Waals surface area contributed by atoms with Crippen LogP contribution in [0.2, 0.25) is 0 Å². The highest BCUT2D eigenvalue weighted by atomic mass is 16.5. The molecule has 2 N–H and O–H groups in total. The van der Waals surface area contributed by atoms with Gasteiger partial charge in [0.05, 0.1) is 29.9 Å². The molecule has 0 aliphatic heterocycles.